The van der Waals surface area contributed by atoms with Gasteiger partial charge in [-0.2, -0.15) is 0 Å². The first-order chi connectivity index (χ1) is 14.5. The van der Waals surface area contributed by atoms with E-state index >= 15 is 0 Å². The predicted octanol–water partition coefficient (Wildman–Crippen LogP) is 4.81. The minimum absolute atomic E-state index is 0.404. The zero-order valence-electron chi connectivity index (χ0n) is 17.5. The number of carbonyl (C=O) groups excluding carboxylic acids is 2. The first kappa shape index (κ1) is 20.0. The normalized spacial score (nSPS) is 13.9. The van der Waals surface area contributed by atoms with Crippen LogP contribution >= 0.6 is 0 Å². The molecule has 0 spiro atoms. The van der Waals surface area contributed by atoms with Gasteiger partial charge in [-0.15, -0.1) is 0 Å². The molecule has 1 aromatic heterocycles. The van der Waals surface area contributed by atoms with Crippen molar-refractivity contribution in [3.8, 4) is 11.1 Å². The Labute approximate surface area is 177 Å². The number of benzene rings is 2. The molecular formula is C25H27N3O2. The molecule has 1 aliphatic rings. The molecule has 0 atom stereocenters. The summed E-state index contributed by atoms with van der Waals surface area (Å²) in [6, 6.07) is 19.4. The van der Waals surface area contributed by atoms with Crippen molar-refractivity contribution in [1.82, 2.24) is 4.57 Å². The highest BCUT2D eigenvalue weighted by Gasteiger charge is 2.25. The lowest BCUT2D eigenvalue weighted by Gasteiger charge is -2.28. The maximum absolute atomic E-state index is 13.1. The van der Waals surface area contributed by atoms with Gasteiger partial charge in [-0.25, -0.2) is 0 Å². The molecule has 0 radical (unpaired) electrons. The summed E-state index contributed by atoms with van der Waals surface area (Å²) in [4.78, 5) is 28.2. The van der Waals surface area contributed by atoms with E-state index in [1.807, 2.05) is 74.6 Å². The van der Waals surface area contributed by atoms with Crippen LogP contribution in [0.5, 0.6) is 0 Å². The number of nitrogens with one attached hydrogen (secondary N) is 1. The lowest BCUT2D eigenvalue weighted by atomic mass is 10.0. The Balaban J connectivity index is 1.53. The van der Waals surface area contributed by atoms with E-state index in [0.29, 0.717) is 11.4 Å². The van der Waals surface area contributed by atoms with E-state index in [2.05, 4.69) is 10.2 Å². The number of hydrogen-bond donors (Lipinski definition) is 1. The summed E-state index contributed by atoms with van der Waals surface area (Å²) < 4.78 is 1.78. The monoisotopic (exact) mass is 401 g/mol. The number of carbonyl (C=O) groups is 2. The van der Waals surface area contributed by atoms with Crippen molar-refractivity contribution in [2.24, 2.45) is 7.05 Å². The molecule has 0 bridgehead atoms. The number of anilines is 2. The SMILES string of the molecule is Cc1cc(-c2ccccc2)c(C(=O)C(=O)Nc2ccc(N3CCCCC3)cc2)n1C. The average molecular weight is 402 g/mol. The van der Waals surface area contributed by atoms with E-state index in [1.54, 1.807) is 4.57 Å². The molecule has 0 saturated carbocycles. The van der Waals surface area contributed by atoms with Crippen LogP contribution < -0.4 is 10.2 Å². The third kappa shape index (κ3) is 4.01. The molecule has 5 heteroatoms. The van der Waals surface area contributed by atoms with Gasteiger partial charge in [0.15, 0.2) is 0 Å². The largest absolute Gasteiger partial charge is 0.372 e. The highest BCUT2D eigenvalue weighted by Crippen LogP contribution is 2.28. The topological polar surface area (TPSA) is 54.3 Å². The predicted molar refractivity (Wildman–Crippen MR) is 121 cm³/mol. The van der Waals surface area contributed by atoms with Gasteiger partial charge in [0.05, 0.1) is 0 Å². The van der Waals surface area contributed by atoms with Gasteiger partial charge in [-0.1, -0.05) is 30.3 Å². The molecule has 30 heavy (non-hydrogen) atoms. The van der Waals surface area contributed by atoms with Gasteiger partial charge in [-0.05, 0) is 62.1 Å². The highest BCUT2D eigenvalue weighted by molar-refractivity contribution is 6.47. The van der Waals surface area contributed by atoms with Crippen LogP contribution in [0.2, 0.25) is 0 Å². The smallest absolute Gasteiger partial charge is 0.298 e. The fraction of sp³-hybridized carbons (Fsp3) is 0.280. The van der Waals surface area contributed by atoms with Gasteiger partial charge in [0.2, 0.25) is 0 Å². The molecule has 0 unspecified atom stereocenters. The van der Waals surface area contributed by atoms with Crippen molar-refractivity contribution < 1.29 is 9.59 Å². The molecule has 154 valence electrons. The van der Waals surface area contributed by atoms with Gasteiger partial charge in [0.1, 0.15) is 5.69 Å². The zero-order chi connectivity index (χ0) is 21.1. The lowest BCUT2D eigenvalue weighted by Crippen LogP contribution is -2.29. The van der Waals surface area contributed by atoms with Crippen molar-refractivity contribution in [2.75, 3.05) is 23.3 Å². The molecule has 1 N–H and O–H groups in total. The van der Waals surface area contributed by atoms with Gasteiger partial charge >= 0.3 is 0 Å². The number of amides is 1. The molecule has 4 rings (SSSR count). The summed E-state index contributed by atoms with van der Waals surface area (Å²) in [6.07, 6.45) is 3.72. The number of aryl methyl sites for hydroxylation is 1. The summed E-state index contributed by atoms with van der Waals surface area (Å²) in [5.41, 5.74) is 4.81. The molecule has 0 aliphatic carbocycles. The summed E-state index contributed by atoms with van der Waals surface area (Å²) >= 11 is 0. The maximum atomic E-state index is 13.1. The minimum atomic E-state index is -0.626. The Hall–Kier alpha value is -3.34. The third-order valence-electron chi connectivity index (χ3n) is 5.83. The summed E-state index contributed by atoms with van der Waals surface area (Å²) in [6.45, 7) is 4.07. The van der Waals surface area contributed by atoms with Crippen LogP contribution in [0.25, 0.3) is 11.1 Å². The van der Waals surface area contributed by atoms with Gasteiger partial charge in [0.25, 0.3) is 11.7 Å². The Bertz CT molecular complexity index is 1050. The molecule has 3 aromatic rings. The number of Topliss-reactive ketones (excluding diaryl/α,β-unsaturated/α-hetero) is 1. The lowest BCUT2D eigenvalue weighted by molar-refractivity contribution is -0.112. The maximum Gasteiger partial charge on any atom is 0.298 e. The summed E-state index contributed by atoms with van der Waals surface area (Å²) in [5, 5.41) is 2.77. The minimum Gasteiger partial charge on any atom is -0.372 e. The van der Waals surface area contributed by atoms with Crippen molar-refractivity contribution in [2.45, 2.75) is 26.2 Å². The second-order valence-electron chi connectivity index (χ2n) is 7.85. The van der Waals surface area contributed by atoms with E-state index in [-0.39, 0.29) is 0 Å². The van der Waals surface area contributed by atoms with Crippen LogP contribution in [0.4, 0.5) is 11.4 Å². The standard InChI is InChI=1S/C25H27N3O2/c1-18-17-22(19-9-5-3-6-10-19)23(27(18)2)24(29)25(30)26-20-11-13-21(14-12-20)28-15-7-4-8-16-28/h3,5-6,9-14,17H,4,7-8,15-16H2,1-2H3,(H,26,30). The average Bonchev–Trinajstić information content (AvgIpc) is 3.09. The summed E-state index contributed by atoms with van der Waals surface area (Å²) in [5.74, 6) is -1.16. The molecule has 1 amide bonds. The van der Waals surface area contributed by atoms with Crippen LogP contribution in [0.15, 0.2) is 60.7 Å². The second kappa shape index (κ2) is 8.57. The van der Waals surface area contributed by atoms with E-state index in [0.717, 1.165) is 35.6 Å². The van der Waals surface area contributed by atoms with Gasteiger partial charge in [-0.3, -0.25) is 9.59 Å². The Morgan fingerprint density at radius 1 is 0.900 bits per heavy atom. The van der Waals surface area contributed by atoms with Crippen LogP contribution in [0, 0.1) is 6.92 Å². The van der Waals surface area contributed by atoms with Crippen LogP contribution in [0.3, 0.4) is 0 Å². The van der Waals surface area contributed by atoms with E-state index in [4.69, 9.17) is 0 Å². The number of rotatable bonds is 5. The molecule has 2 aromatic carbocycles. The fourth-order valence-corrected chi connectivity index (χ4v) is 4.05. The fourth-order valence-electron chi connectivity index (χ4n) is 4.05. The molecule has 1 aliphatic heterocycles. The third-order valence-corrected chi connectivity index (χ3v) is 5.83. The van der Waals surface area contributed by atoms with Crippen molar-refractivity contribution in [1.29, 1.82) is 0 Å². The molecule has 2 heterocycles. The van der Waals surface area contributed by atoms with E-state index in [9.17, 15) is 9.59 Å². The first-order valence-electron chi connectivity index (χ1n) is 10.5. The Morgan fingerprint density at radius 3 is 2.23 bits per heavy atom. The number of piperidine rings is 1. The zero-order valence-corrected chi connectivity index (χ0v) is 17.5. The van der Waals surface area contributed by atoms with E-state index < -0.39 is 11.7 Å². The molecule has 5 nitrogen and oxygen atoms in total. The number of hydrogen-bond acceptors (Lipinski definition) is 3. The second-order valence-corrected chi connectivity index (χ2v) is 7.85. The van der Waals surface area contributed by atoms with E-state index in [1.165, 1.54) is 19.3 Å². The number of nitrogens with zero attached hydrogens (tertiary/aromatic N) is 2. The first-order valence-corrected chi connectivity index (χ1v) is 10.5. The van der Waals surface area contributed by atoms with Gasteiger partial charge in [0, 0.05) is 42.8 Å². The van der Waals surface area contributed by atoms with Crippen LogP contribution in [-0.4, -0.2) is 29.3 Å². The van der Waals surface area contributed by atoms with Crippen LogP contribution in [0.1, 0.15) is 35.4 Å². The molecular weight excluding hydrogens is 374 g/mol. The Morgan fingerprint density at radius 2 is 1.57 bits per heavy atom. The van der Waals surface area contributed by atoms with Crippen molar-refractivity contribution in [3.05, 3.63) is 72.1 Å². The van der Waals surface area contributed by atoms with Crippen molar-refractivity contribution in [3.63, 3.8) is 0 Å². The highest BCUT2D eigenvalue weighted by atomic mass is 16.2. The molecule has 1 fully saturated rings. The summed E-state index contributed by atoms with van der Waals surface area (Å²) in [7, 11) is 1.82. The number of ketones is 1. The molecule has 1 saturated heterocycles. The van der Waals surface area contributed by atoms with Crippen molar-refractivity contribution >= 4 is 23.1 Å². The Kier molecular flexibility index (Phi) is 5.70. The van der Waals surface area contributed by atoms with Crippen LogP contribution in [-0.2, 0) is 11.8 Å². The quantitative estimate of drug-likeness (QED) is 0.493. The van der Waals surface area contributed by atoms with Gasteiger partial charge < -0.3 is 14.8 Å². The number of aromatic nitrogens is 1.